The summed E-state index contributed by atoms with van der Waals surface area (Å²) in [5, 5.41) is 0. The van der Waals surface area contributed by atoms with Gasteiger partial charge in [-0.05, 0) is 24.1 Å². The van der Waals surface area contributed by atoms with Gasteiger partial charge in [-0.3, -0.25) is 18.7 Å². The van der Waals surface area contributed by atoms with Gasteiger partial charge in [-0.2, -0.15) is 0 Å². The summed E-state index contributed by atoms with van der Waals surface area (Å²) in [5.74, 6) is -0.778. The quantitative estimate of drug-likeness (QED) is 0.510. The molecular formula is C23H27N3O4. The van der Waals surface area contributed by atoms with E-state index < -0.39 is 5.97 Å². The summed E-state index contributed by atoms with van der Waals surface area (Å²) < 4.78 is 8.46. The van der Waals surface area contributed by atoms with Gasteiger partial charge >= 0.3 is 11.7 Å². The van der Waals surface area contributed by atoms with E-state index in [0.29, 0.717) is 13.1 Å². The molecule has 158 valence electrons. The van der Waals surface area contributed by atoms with E-state index in [1.54, 1.807) is 16.2 Å². The number of amides is 1. The Bertz CT molecular complexity index is 1070. The van der Waals surface area contributed by atoms with Gasteiger partial charge in [0.15, 0.2) is 6.61 Å². The van der Waals surface area contributed by atoms with Gasteiger partial charge < -0.3 is 9.64 Å². The number of fused-ring (bicyclic) bond motifs is 1. The molecule has 7 heteroatoms. The molecule has 0 atom stereocenters. The molecule has 30 heavy (non-hydrogen) atoms. The largest absolute Gasteiger partial charge is 0.456 e. The van der Waals surface area contributed by atoms with E-state index in [2.05, 4.69) is 0 Å². The third-order valence-electron chi connectivity index (χ3n) is 4.96. The number of carbonyl (C=O) groups excluding carboxylic acids is 2. The van der Waals surface area contributed by atoms with Crippen molar-refractivity contribution in [2.45, 2.75) is 39.4 Å². The molecule has 1 heterocycles. The maximum Gasteiger partial charge on any atom is 0.329 e. The van der Waals surface area contributed by atoms with E-state index in [1.807, 2.05) is 61.5 Å². The van der Waals surface area contributed by atoms with E-state index in [-0.39, 0.29) is 31.2 Å². The maximum absolute atomic E-state index is 12.7. The Morgan fingerprint density at radius 1 is 0.933 bits per heavy atom. The summed E-state index contributed by atoms with van der Waals surface area (Å²) in [6.07, 6.45) is 0.865. The van der Waals surface area contributed by atoms with Crippen molar-refractivity contribution in [1.29, 1.82) is 0 Å². The minimum atomic E-state index is -0.504. The molecule has 1 amide bonds. The van der Waals surface area contributed by atoms with Gasteiger partial charge in [0.1, 0.15) is 0 Å². The lowest BCUT2D eigenvalue weighted by molar-refractivity contribution is -0.151. The molecule has 0 saturated carbocycles. The van der Waals surface area contributed by atoms with Crippen molar-refractivity contribution in [1.82, 2.24) is 14.0 Å². The van der Waals surface area contributed by atoms with Crippen molar-refractivity contribution >= 4 is 22.9 Å². The first-order valence-corrected chi connectivity index (χ1v) is 10.1. The Morgan fingerprint density at radius 2 is 1.53 bits per heavy atom. The van der Waals surface area contributed by atoms with Crippen molar-refractivity contribution in [2.75, 3.05) is 13.7 Å². The average molecular weight is 409 g/mol. The number of carbonyl (C=O) groups is 2. The Balaban J connectivity index is 1.55. The number of aromatic nitrogens is 2. The van der Waals surface area contributed by atoms with Crippen LogP contribution in [-0.4, -0.2) is 39.6 Å². The fraction of sp³-hybridized carbons (Fsp3) is 0.348. The van der Waals surface area contributed by atoms with Crippen LogP contribution in [0.25, 0.3) is 11.0 Å². The first kappa shape index (κ1) is 21.4. The number of ether oxygens (including phenoxy) is 1. The van der Waals surface area contributed by atoms with Crippen LogP contribution < -0.4 is 5.69 Å². The lowest BCUT2D eigenvalue weighted by Crippen LogP contribution is -2.31. The molecule has 3 aromatic rings. The highest BCUT2D eigenvalue weighted by molar-refractivity contribution is 5.80. The third-order valence-corrected chi connectivity index (χ3v) is 4.96. The fourth-order valence-electron chi connectivity index (χ4n) is 3.40. The molecule has 1 aromatic heterocycles. The Morgan fingerprint density at radius 3 is 2.17 bits per heavy atom. The van der Waals surface area contributed by atoms with Crippen molar-refractivity contribution in [2.24, 2.45) is 0 Å². The molecule has 0 fully saturated rings. The smallest absolute Gasteiger partial charge is 0.329 e. The zero-order valence-electron chi connectivity index (χ0n) is 17.4. The first-order chi connectivity index (χ1) is 14.5. The highest BCUT2D eigenvalue weighted by Gasteiger charge is 2.15. The van der Waals surface area contributed by atoms with Gasteiger partial charge in [-0.1, -0.05) is 49.4 Å². The number of nitrogens with zero attached hydrogens (tertiary/aromatic N) is 3. The molecule has 0 aliphatic heterocycles. The van der Waals surface area contributed by atoms with Crippen LogP contribution in [0.15, 0.2) is 59.4 Å². The van der Waals surface area contributed by atoms with E-state index in [4.69, 9.17) is 4.74 Å². The van der Waals surface area contributed by atoms with E-state index >= 15 is 0 Å². The van der Waals surface area contributed by atoms with Crippen molar-refractivity contribution in [3.8, 4) is 0 Å². The molecule has 0 spiro atoms. The van der Waals surface area contributed by atoms with Gasteiger partial charge in [0.05, 0.1) is 17.5 Å². The van der Waals surface area contributed by atoms with E-state index in [9.17, 15) is 14.4 Å². The highest BCUT2D eigenvalue weighted by Crippen LogP contribution is 2.13. The Kier molecular flexibility index (Phi) is 7.06. The molecule has 0 aliphatic rings. The monoisotopic (exact) mass is 409 g/mol. The van der Waals surface area contributed by atoms with Crippen molar-refractivity contribution in [3.63, 3.8) is 0 Å². The number of aryl methyl sites for hydroxylation is 2. The van der Waals surface area contributed by atoms with Crippen LogP contribution in [-0.2, 0) is 34.0 Å². The van der Waals surface area contributed by atoms with Crippen LogP contribution >= 0.6 is 0 Å². The normalized spacial score (nSPS) is 10.9. The lowest BCUT2D eigenvalue weighted by atomic mass is 10.2. The minimum absolute atomic E-state index is 0.0235. The predicted octanol–water partition coefficient (Wildman–Crippen LogP) is 2.80. The number of para-hydroxylation sites is 2. The molecule has 0 saturated heterocycles. The highest BCUT2D eigenvalue weighted by atomic mass is 16.5. The van der Waals surface area contributed by atoms with Gasteiger partial charge in [0.2, 0.25) is 0 Å². The second kappa shape index (κ2) is 9.91. The summed E-state index contributed by atoms with van der Waals surface area (Å²) >= 11 is 0. The summed E-state index contributed by atoms with van der Waals surface area (Å²) in [7, 11) is 1.67. The summed E-state index contributed by atoms with van der Waals surface area (Å²) in [4.78, 5) is 38.6. The summed E-state index contributed by atoms with van der Waals surface area (Å²) in [6, 6.07) is 17.1. The number of hydrogen-bond acceptors (Lipinski definition) is 4. The number of esters is 1. The maximum atomic E-state index is 12.7. The van der Waals surface area contributed by atoms with E-state index in [0.717, 1.165) is 23.0 Å². The molecule has 0 bridgehead atoms. The number of likely N-dealkylation sites (N-methyl/N-ethyl adjacent to an activating group) is 1. The van der Waals surface area contributed by atoms with Crippen LogP contribution in [0, 0.1) is 0 Å². The van der Waals surface area contributed by atoms with Gasteiger partial charge in [-0.15, -0.1) is 0 Å². The zero-order valence-corrected chi connectivity index (χ0v) is 17.4. The SMILES string of the molecule is CCCn1c(=O)n(CCC(=O)OCC(=O)N(C)Cc2ccccc2)c2ccccc21. The van der Waals surface area contributed by atoms with Crippen LogP contribution in [0.1, 0.15) is 25.3 Å². The van der Waals surface area contributed by atoms with Crippen molar-refractivity contribution < 1.29 is 14.3 Å². The van der Waals surface area contributed by atoms with Gasteiger partial charge in [-0.25, -0.2) is 4.79 Å². The molecule has 0 N–H and O–H groups in total. The molecule has 7 nitrogen and oxygen atoms in total. The first-order valence-electron chi connectivity index (χ1n) is 10.1. The van der Waals surface area contributed by atoms with Gasteiger partial charge in [0.25, 0.3) is 5.91 Å². The molecule has 0 unspecified atom stereocenters. The minimum Gasteiger partial charge on any atom is -0.456 e. The van der Waals surface area contributed by atoms with Gasteiger partial charge in [0, 0.05) is 26.7 Å². The second-order valence-corrected chi connectivity index (χ2v) is 7.22. The molecular weight excluding hydrogens is 382 g/mol. The van der Waals surface area contributed by atoms with Crippen molar-refractivity contribution in [3.05, 3.63) is 70.6 Å². The van der Waals surface area contributed by atoms with E-state index in [1.165, 1.54) is 4.90 Å². The average Bonchev–Trinajstić information content (AvgIpc) is 3.02. The standard InChI is InChI=1S/C23H27N3O4/c1-3-14-25-19-11-7-8-12-20(19)26(23(25)29)15-13-22(28)30-17-21(27)24(2)16-18-9-5-4-6-10-18/h4-12H,3,13-17H2,1-2H3. The Labute approximate surface area is 175 Å². The molecule has 0 radical (unpaired) electrons. The zero-order chi connectivity index (χ0) is 21.5. The van der Waals surface area contributed by atoms with Crippen LogP contribution in [0.4, 0.5) is 0 Å². The second-order valence-electron chi connectivity index (χ2n) is 7.22. The van der Waals surface area contributed by atoms with Crippen LogP contribution in [0.3, 0.4) is 0 Å². The molecule has 3 rings (SSSR count). The van der Waals surface area contributed by atoms with Crippen LogP contribution in [0.5, 0.6) is 0 Å². The Hall–Kier alpha value is -3.35. The topological polar surface area (TPSA) is 73.5 Å². The summed E-state index contributed by atoms with van der Waals surface area (Å²) in [6.45, 7) is 2.99. The third kappa shape index (κ3) is 4.97. The fourth-order valence-corrected chi connectivity index (χ4v) is 3.40. The number of benzene rings is 2. The number of rotatable bonds is 9. The number of hydrogen-bond donors (Lipinski definition) is 0. The summed E-state index contributed by atoms with van der Waals surface area (Å²) in [5.41, 5.74) is 2.52. The number of imidazole rings is 1. The van der Waals surface area contributed by atoms with Crippen LogP contribution in [0.2, 0.25) is 0 Å². The molecule has 0 aliphatic carbocycles. The molecule has 2 aromatic carbocycles. The lowest BCUT2D eigenvalue weighted by Gasteiger charge is -2.17. The predicted molar refractivity (Wildman–Crippen MR) is 115 cm³/mol.